The first kappa shape index (κ1) is 8.58. The van der Waals surface area contributed by atoms with Crippen molar-refractivity contribution in [2.24, 2.45) is 0 Å². The van der Waals surface area contributed by atoms with E-state index >= 15 is 0 Å². The van der Waals surface area contributed by atoms with E-state index in [2.05, 4.69) is 9.72 Å². The fraction of sp³-hybridized carbons (Fsp3) is 0.429. The molecule has 0 spiro atoms. The highest BCUT2D eigenvalue weighted by atomic mass is 16.6. The van der Waals surface area contributed by atoms with Crippen molar-refractivity contribution in [2.45, 2.75) is 6.92 Å². The Balaban J connectivity index is 2.70. The van der Waals surface area contributed by atoms with Gasteiger partial charge < -0.3 is 13.9 Å². The number of nitrogens with zero attached hydrogens (tertiary/aromatic N) is 1. The van der Waals surface area contributed by atoms with E-state index in [0.717, 1.165) is 0 Å². The summed E-state index contributed by atoms with van der Waals surface area (Å²) in [5.41, 5.74) is 0. The molecule has 1 aromatic rings. The summed E-state index contributed by atoms with van der Waals surface area (Å²) in [6.07, 6.45) is 1.33. The Morgan fingerprint density at radius 1 is 1.75 bits per heavy atom. The van der Waals surface area contributed by atoms with Crippen LogP contribution >= 0.6 is 0 Å². The van der Waals surface area contributed by atoms with E-state index in [0.29, 0.717) is 6.61 Å². The summed E-state index contributed by atoms with van der Waals surface area (Å²) in [6.45, 7) is 2.27. The van der Waals surface area contributed by atoms with Gasteiger partial charge in [-0.15, -0.1) is 0 Å². The third-order valence-corrected chi connectivity index (χ3v) is 1.13. The summed E-state index contributed by atoms with van der Waals surface area (Å²) in [7, 11) is 1.26. The first-order valence-corrected chi connectivity index (χ1v) is 3.45. The Morgan fingerprint density at radius 2 is 2.50 bits per heavy atom. The molecule has 0 fully saturated rings. The smallest absolute Gasteiger partial charge is 0.394 e. The summed E-state index contributed by atoms with van der Waals surface area (Å²) in [5.74, 6) is -0.486. The van der Waals surface area contributed by atoms with Crippen LogP contribution in [0.3, 0.4) is 0 Å². The molecule has 0 aliphatic heterocycles. The SMILES string of the molecule is CCOc1cnc(C(=O)OC)o1. The summed E-state index contributed by atoms with van der Waals surface area (Å²) >= 11 is 0. The van der Waals surface area contributed by atoms with Crippen LogP contribution in [0.25, 0.3) is 0 Å². The highest BCUT2D eigenvalue weighted by Crippen LogP contribution is 2.12. The molecular formula is C7H9NO4. The second-order valence-electron chi connectivity index (χ2n) is 1.91. The zero-order chi connectivity index (χ0) is 8.97. The van der Waals surface area contributed by atoms with E-state index in [1.54, 1.807) is 6.92 Å². The van der Waals surface area contributed by atoms with Crippen LogP contribution < -0.4 is 4.74 Å². The van der Waals surface area contributed by atoms with Crippen molar-refractivity contribution in [2.75, 3.05) is 13.7 Å². The van der Waals surface area contributed by atoms with Gasteiger partial charge >= 0.3 is 17.8 Å². The average molecular weight is 171 g/mol. The van der Waals surface area contributed by atoms with Gasteiger partial charge in [-0.05, 0) is 6.92 Å². The number of rotatable bonds is 3. The van der Waals surface area contributed by atoms with Crippen LogP contribution in [-0.2, 0) is 4.74 Å². The minimum Gasteiger partial charge on any atom is -0.464 e. The lowest BCUT2D eigenvalue weighted by Crippen LogP contribution is -2.00. The van der Waals surface area contributed by atoms with E-state index in [9.17, 15) is 4.79 Å². The van der Waals surface area contributed by atoms with Gasteiger partial charge in [0.1, 0.15) is 6.20 Å². The second kappa shape index (κ2) is 3.75. The minimum absolute atomic E-state index is 0.0963. The molecule has 5 heteroatoms. The van der Waals surface area contributed by atoms with Crippen molar-refractivity contribution in [1.82, 2.24) is 4.98 Å². The van der Waals surface area contributed by atoms with Gasteiger partial charge in [0.15, 0.2) is 0 Å². The number of methoxy groups -OCH3 is 1. The van der Waals surface area contributed by atoms with Crippen LogP contribution in [0, 0.1) is 0 Å². The molecule has 0 aliphatic carbocycles. The van der Waals surface area contributed by atoms with Crippen molar-refractivity contribution in [3.63, 3.8) is 0 Å². The topological polar surface area (TPSA) is 61.6 Å². The van der Waals surface area contributed by atoms with Gasteiger partial charge in [0, 0.05) is 0 Å². The predicted molar refractivity (Wildman–Crippen MR) is 39.0 cm³/mol. The van der Waals surface area contributed by atoms with Gasteiger partial charge in [-0.3, -0.25) is 0 Å². The number of ether oxygens (including phenoxy) is 2. The van der Waals surface area contributed by atoms with Gasteiger partial charge in [0.2, 0.25) is 0 Å². The highest BCUT2D eigenvalue weighted by molar-refractivity contribution is 5.84. The van der Waals surface area contributed by atoms with Crippen molar-refractivity contribution in [3.05, 3.63) is 12.1 Å². The fourth-order valence-electron chi connectivity index (χ4n) is 0.650. The zero-order valence-electron chi connectivity index (χ0n) is 6.86. The molecule has 0 unspecified atom stereocenters. The number of hydrogen-bond acceptors (Lipinski definition) is 5. The molecule has 5 nitrogen and oxygen atoms in total. The molecule has 0 saturated carbocycles. The first-order chi connectivity index (χ1) is 5.77. The van der Waals surface area contributed by atoms with Crippen molar-refractivity contribution in [3.8, 4) is 5.95 Å². The Bertz CT molecular complexity index is 268. The van der Waals surface area contributed by atoms with Crippen LogP contribution in [-0.4, -0.2) is 24.7 Å². The monoisotopic (exact) mass is 171 g/mol. The third kappa shape index (κ3) is 1.75. The van der Waals surface area contributed by atoms with Gasteiger partial charge in [-0.25, -0.2) is 9.78 Å². The molecule has 0 atom stereocenters. The molecule has 0 N–H and O–H groups in total. The summed E-state index contributed by atoms with van der Waals surface area (Å²) < 4.78 is 14.2. The molecule has 1 heterocycles. The zero-order valence-corrected chi connectivity index (χ0v) is 6.86. The summed E-state index contributed by atoms with van der Waals surface area (Å²) in [5, 5.41) is 0. The second-order valence-corrected chi connectivity index (χ2v) is 1.91. The van der Waals surface area contributed by atoms with Crippen LogP contribution in [0.1, 0.15) is 17.6 Å². The van der Waals surface area contributed by atoms with E-state index < -0.39 is 5.97 Å². The van der Waals surface area contributed by atoms with E-state index in [-0.39, 0.29) is 11.8 Å². The van der Waals surface area contributed by atoms with Gasteiger partial charge in [-0.2, -0.15) is 0 Å². The molecular weight excluding hydrogens is 162 g/mol. The quantitative estimate of drug-likeness (QED) is 0.631. The van der Waals surface area contributed by atoms with Crippen LogP contribution in [0.5, 0.6) is 5.95 Å². The molecule has 0 radical (unpaired) electrons. The maximum Gasteiger partial charge on any atom is 0.394 e. The number of aromatic nitrogens is 1. The highest BCUT2D eigenvalue weighted by Gasteiger charge is 2.13. The number of esters is 1. The number of hydrogen-bond donors (Lipinski definition) is 0. The Morgan fingerprint density at radius 3 is 3.08 bits per heavy atom. The standard InChI is InChI=1S/C7H9NO4/c1-3-11-5-4-8-6(12-5)7(9)10-2/h4H,3H2,1-2H3. The summed E-state index contributed by atoms with van der Waals surface area (Å²) in [6, 6.07) is 0. The Labute approximate surface area is 69.3 Å². The molecule has 0 bridgehead atoms. The third-order valence-electron chi connectivity index (χ3n) is 1.13. The molecule has 0 aliphatic rings. The van der Waals surface area contributed by atoms with E-state index in [4.69, 9.17) is 9.15 Å². The Hall–Kier alpha value is -1.52. The van der Waals surface area contributed by atoms with Crippen LogP contribution in [0.15, 0.2) is 10.6 Å². The lowest BCUT2D eigenvalue weighted by molar-refractivity contribution is 0.0548. The number of carbonyl (C=O) groups is 1. The lowest BCUT2D eigenvalue weighted by Gasteiger charge is -1.94. The van der Waals surface area contributed by atoms with E-state index in [1.807, 2.05) is 0 Å². The van der Waals surface area contributed by atoms with Gasteiger partial charge in [0.25, 0.3) is 0 Å². The van der Waals surface area contributed by atoms with Crippen LogP contribution in [0.4, 0.5) is 0 Å². The molecule has 0 amide bonds. The average Bonchev–Trinajstić information content (AvgIpc) is 2.52. The Kier molecular flexibility index (Phi) is 2.68. The minimum atomic E-state index is -0.610. The molecule has 0 aromatic carbocycles. The fourth-order valence-corrected chi connectivity index (χ4v) is 0.650. The van der Waals surface area contributed by atoms with E-state index in [1.165, 1.54) is 13.3 Å². The number of oxazole rings is 1. The van der Waals surface area contributed by atoms with Crippen molar-refractivity contribution >= 4 is 5.97 Å². The normalized spacial score (nSPS) is 9.50. The summed E-state index contributed by atoms with van der Waals surface area (Å²) in [4.78, 5) is 14.4. The molecule has 0 saturated heterocycles. The molecule has 1 aromatic heterocycles. The van der Waals surface area contributed by atoms with Gasteiger partial charge in [-0.1, -0.05) is 0 Å². The predicted octanol–water partition coefficient (Wildman–Crippen LogP) is 0.860. The maximum absolute atomic E-state index is 10.8. The number of carbonyl (C=O) groups excluding carboxylic acids is 1. The lowest BCUT2D eigenvalue weighted by atomic mass is 10.7. The molecule has 66 valence electrons. The van der Waals surface area contributed by atoms with Gasteiger partial charge in [0.05, 0.1) is 13.7 Å². The molecule has 1 rings (SSSR count). The first-order valence-electron chi connectivity index (χ1n) is 3.45. The molecule has 12 heavy (non-hydrogen) atoms. The largest absolute Gasteiger partial charge is 0.464 e. The van der Waals surface area contributed by atoms with Crippen molar-refractivity contribution < 1.29 is 18.7 Å². The van der Waals surface area contributed by atoms with Crippen LogP contribution in [0.2, 0.25) is 0 Å². The van der Waals surface area contributed by atoms with Crippen molar-refractivity contribution in [1.29, 1.82) is 0 Å². The maximum atomic E-state index is 10.8.